The highest BCUT2D eigenvalue weighted by Gasteiger charge is 2.20. The van der Waals surface area contributed by atoms with E-state index in [1.807, 2.05) is 13.0 Å². The number of furan rings is 1. The first-order valence-electron chi connectivity index (χ1n) is 5.31. The predicted molar refractivity (Wildman–Crippen MR) is 59.3 cm³/mol. The molecule has 0 unspecified atom stereocenters. The Morgan fingerprint density at radius 3 is 3.00 bits per heavy atom. The normalized spacial score (nSPS) is 10.6. The van der Waals surface area contributed by atoms with Gasteiger partial charge in [0.1, 0.15) is 11.3 Å². The van der Waals surface area contributed by atoms with Crippen LogP contribution in [0.3, 0.4) is 0 Å². The Morgan fingerprint density at radius 1 is 1.50 bits per heavy atom. The van der Waals surface area contributed by atoms with Crippen LogP contribution in [-0.2, 0) is 11.2 Å². The maximum absolute atomic E-state index is 11.8. The topological polar surface area (TPSA) is 52.3 Å². The third-order valence-corrected chi connectivity index (χ3v) is 2.34. The van der Waals surface area contributed by atoms with Crippen molar-refractivity contribution < 1.29 is 13.9 Å². The van der Waals surface area contributed by atoms with Crippen LogP contribution in [0.2, 0.25) is 0 Å². The van der Waals surface area contributed by atoms with Crippen molar-refractivity contribution in [3.05, 3.63) is 29.7 Å². The summed E-state index contributed by atoms with van der Waals surface area (Å²) in [6, 6.07) is 3.59. The predicted octanol–water partition coefficient (Wildman–Crippen LogP) is 2.57. The molecule has 2 aromatic heterocycles. The van der Waals surface area contributed by atoms with Gasteiger partial charge in [0.05, 0.1) is 12.0 Å². The van der Waals surface area contributed by atoms with Gasteiger partial charge in [-0.15, -0.1) is 0 Å². The van der Waals surface area contributed by atoms with Crippen molar-refractivity contribution in [2.45, 2.75) is 20.3 Å². The van der Waals surface area contributed by atoms with Crippen LogP contribution in [0.4, 0.5) is 0 Å². The van der Waals surface area contributed by atoms with Crippen molar-refractivity contribution in [3.63, 3.8) is 0 Å². The number of ether oxygens (including phenoxy) is 1. The Balaban J connectivity index is 2.60. The highest BCUT2D eigenvalue weighted by Crippen LogP contribution is 2.25. The molecule has 16 heavy (non-hydrogen) atoms. The van der Waals surface area contributed by atoms with Crippen molar-refractivity contribution in [1.82, 2.24) is 4.98 Å². The van der Waals surface area contributed by atoms with Crippen molar-refractivity contribution in [1.29, 1.82) is 0 Å². The number of carbonyl (C=O) groups excluding carboxylic acids is 1. The molecule has 0 bridgehead atoms. The molecule has 0 saturated heterocycles. The number of hydrogen-bond donors (Lipinski definition) is 0. The van der Waals surface area contributed by atoms with Crippen molar-refractivity contribution in [2.75, 3.05) is 6.61 Å². The minimum atomic E-state index is -0.342. The lowest BCUT2D eigenvalue weighted by molar-refractivity contribution is 0.0526. The van der Waals surface area contributed by atoms with E-state index in [2.05, 4.69) is 4.98 Å². The molecule has 0 aliphatic rings. The highest BCUT2D eigenvalue weighted by molar-refractivity contribution is 6.03. The molecule has 0 aromatic carbocycles. The van der Waals surface area contributed by atoms with Gasteiger partial charge in [-0.1, -0.05) is 6.92 Å². The zero-order valence-electron chi connectivity index (χ0n) is 9.32. The summed E-state index contributed by atoms with van der Waals surface area (Å²) < 4.78 is 10.5. The van der Waals surface area contributed by atoms with Crippen LogP contribution in [0, 0.1) is 0 Å². The summed E-state index contributed by atoms with van der Waals surface area (Å²) in [5, 5.41) is 0.720. The van der Waals surface area contributed by atoms with Gasteiger partial charge in [0.2, 0.25) is 5.71 Å². The smallest absolute Gasteiger partial charge is 0.342 e. The summed E-state index contributed by atoms with van der Waals surface area (Å²) in [5.74, 6) is 0.290. The number of aromatic nitrogens is 1. The van der Waals surface area contributed by atoms with Gasteiger partial charge in [0, 0.05) is 12.6 Å². The third-order valence-electron chi connectivity index (χ3n) is 2.34. The molecule has 84 valence electrons. The van der Waals surface area contributed by atoms with Crippen LogP contribution in [-0.4, -0.2) is 17.6 Å². The third kappa shape index (κ3) is 1.66. The molecule has 0 radical (unpaired) electrons. The van der Waals surface area contributed by atoms with Gasteiger partial charge in [-0.3, -0.25) is 0 Å². The zero-order valence-corrected chi connectivity index (χ0v) is 9.32. The molecule has 0 amide bonds. The Morgan fingerprint density at radius 2 is 2.31 bits per heavy atom. The number of hydrogen-bond acceptors (Lipinski definition) is 4. The fourth-order valence-corrected chi connectivity index (χ4v) is 1.66. The molecule has 4 heteroatoms. The average Bonchev–Trinajstić information content (AvgIpc) is 2.67. The van der Waals surface area contributed by atoms with Gasteiger partial charge in [0.15, 0.2) is 0 Å². The Hall–Kier alpha value is -1.84. The number of rotatable bonds is 3. The standard InChI is InChI=1S/C12H13NO3/c1-3-9-10(12(14)15-4-2)8-6-5-7-13-11(8)16-9/h5-7H,3-4H2,1-2H3. The molecule has 0 N–H and O–H groups in total. The maximum atomic E-state index is 11.8. The number of carbonyl (C=O) groups is 1. The van der Waals surface area contributed by atoms with E-state index in [9.17, 15) is 4.79 Å². The lowest BCUT2D eigenvalue weighted by Crippen LogP contribution is -2.06. The fourth-order valence-electron chi connectivity index (χ4n) is 1.66. The quantitative estimate of drug-likeness (QED) is 0.744. The Labute approximate surface area is 93.2 Å². The maximum Gasteiger partial charge on any atom is 0.342 e. The largest absolute Gasteiger partial charge is 0.462 e. The zero-order chi connectivity index (χ0) is 11.5. The van der Waals surface area contributed by atoms with E-state index in [0.29, 0.717) is 30.1 Å². The van der Waals surface area contributed by atoms with Crippen LogP contribution in [0.15, 0.2) is 22.7 Å². The van der Waals surface area contributed by atoms with E-state index >= 15 is 0 Å². The Bertz CT molecular complexity index is 516. The van der Waals surface area contributed by atoms with Crippen LogP contribution in [0.5, 0.6) is 0 Å². The lowest BCUT2D eigenvalue weighted by Gasteiger charge is -2.00. The van der Waals surface area contributed by atoms with Crippen molar-refractivity contribution in [2.24, 2.45) is 0 Å². The molecule has 2 aromatic rings. The second kappa shape index (κ2) is 4.35. The van der Waals surface area contributed by atoms with Gasteiger partial charge in [-0.2, -0.15) is 0 Å². The van der Waals surface area contributed by atoms with Crippen LogP contribution in [0.25, 0.3) is 11.1 Å². The summed E-state index contributed by atoms with van der Waals surface area (Å²) in [7, 11) is 0. The highest BCUT2D eigenvalue weighted by atomic mass is 16.5. The molecule has 2 heterocycles. The molecular weight excluding hydrogens is 206 g/mol. The van der Waals surface area contributed by atoms with Gasteiger partial charge in [-0.25, -0.2) is 9.78 Å². The number of aryl methyl sites for hydroxylation is 1. The molecule has 0 spiro atoms. The first-order valence-corrected chi connectivity index (χ1v) is 5.31. The van der Waals surface area contributed by atoms with E-state index < -0.39 is 0 Å². The minimum absolute atomic E-state index is 0.342. The molecular formula is C12H13NO3. The number of fused-ring (bicyclic) bond motifs is 1. The van der Waals surface area contributed by atoms with Crippen molar-refractivity contribution in [3.8, 4) is 0 Å². The van der Waals surface area contributed by atoms with E-state index in [4.69, 9.17) is 9.15 Å². The minimum Gasteiger partial charge on any atom is -0.462 e. The lowest BCUT2D eigenvalue weighted by atomic mass is 10.1. The van der Waals surface area contributed by atoms with Gasteiger partial charge in [-0.05, 0) is 19.1 Å². The molecule has 4 nitrogen and oxygen atoms in total. The van der Waals surface area contributed by atoms with Gasteiger partial charge in [0.25, 0.3) is 0 Å². The van der Waals surface area contributed by atoms with Crippen molar-refractivity contribution >= 4 is 17.1 Å². The monoisotopic (exact) mass is 219 g/mol. The summed E-state index contributed by atoms with van der Waals surface area (Å²) in [4.78, 5) is 15.9. The number of nitrogens with zero attached hydrogens (tertiary/aromatic N) is 1. The second-order valence-corrected chi connectivity index (χ2v) is 3.33. The van der Waals surface area contributed by atoms with Gasteiger partial charge < -0.3 is 9.15 Å². The number of pyridine rings is 1. The molecule has 0 fully saturated rings. The van der Waals surface area contributed by atoms with Crippen LogP contribution < -0.4 is 0 Å². The summed E-state index contributed by atoms with van der Waals surface area (Å²) in [6.07, 6.45) is 2.28. The SMILES string of the molecule is CCOC(=O)c1c(CC)oc2ncccc12. The van der Waals surface area contributed by atoms with Crippen LogP contribution in [0.1, 0.15) is 30.0 Å². The van der Waals surface area contributed by atoms with Gasteiger partial charge >= 0.3 is 5.97 Å². The average molecular weight is 219 g/mol. The first kappa shape index (κ1) is 10.7. The van der Waals surface area contributed by atoms with E-state index in [0.717, 1.165) is 5.39 Å². The number of esters is 1. The summed E-state index contributed by atoms with van der Waals surface area (Å²) >= 11 is 0. The molecule has 0 aliphatic carbocycles. The molecule has 0 saturated carbocycles. The van der Waals surface area contributed by atoms with E-state index in [-0.39, 0.29) is 5.97 Å². The molecule has 0 aliphatic heterocycles. The first-order chi connectivity index (χ1) is 7.77. The molecule has 0 atom stereocenters. The fraction of sp³-hybridized carbons (Fsp3) is 0.333. The van der Waals surface area contributed by atoms with Crippen LogP contribution >= 0.6 is 0 Å². The second-order valence-electron chi connectivity index (χ2n) is 3.33. The molecule has 2 rings (SSSR count). The van der Waals surface area contributed by atoms with E-state index in [1.165, 1.54) is 0 Å². The summed E-state index contributed by atoms with van der Waals surface area (Å²) in [6.45, 7) is 4.07. The Kier molecular flexibility index (Phi) is 2.90. The summed E-state index contributed by atoms with van der Waals surface area (Å²) in [5.41, 5.74) is 0.995. The van der Waals surface area contributed by atoms with E-state index in [1.54, 1.807) is 19.2 Å².